The summed E-state index contributed by atoms with van der Waals surface area (Å²) in [6.45, 7) is 0.358. The van der Waals surface area contributed by atoms with Crippen LogP contribution in [0.5, 0.6) is 17.2 Å². The van der Waals surface area contributed by atoms with Crippen molar-refractivity contribution in [1.29, 1.82) is 0 Å². The number of fused-ring (bicyclic) bond motifs is 2. The maximum Gasteiger partial charge on any atom is 0.573 e. The summed E-state index contributed by atoms with van der Waals surface area (Å²) in [6, 6.07) is 7.39. The first kappa shape index (κ1) is 22.6. The van der Waals surface area contributed by atoms with Gasteiger partial charge in [-0.25, -0.2) is 4.79 Å². The van der Waals surface area contributed by atoms with Gasteiger partial charge in [0.15, 0.2) is 11.5 Å². The van der Waals surface area contributed by atoms with Crippen LogP contribution in [0.3, 0.4) is 0 Å². The Morgan fingerprint density at radius 1 is 1.18 bits per heavy atom. The van der Waals surface area contributed by atoms with Crippen LogP contribution in [0.25, 0.3) is 10.9 Å². The molecular formula is C23H24F3N3O4. The summed E-state index contributed by atoms with van der Waals surface area (Å²) in [6.07, 6.45) is -1.53. The van der Waals surface area contributed by atoms with Gasteiger partial charge in [0.2, 0.25) is 0 Å². The van der Waals surface area contributed by atoms with Gasteiger partial charge in [-0.2, -0.15) is 0 Å². The molecule has 0 bridgehead atoms. The highest BCUT2D eigenvalue weighted by molar-refractivity contribution is 5.84. The highest BCUT2D eigenvalue weighted by Gasteiger charge is 2.35. The van der Waals surface area contributed by atoms with Gasteiger partial charge in [-0.15, -0.1) is 13.2 Å². The van der Waals surface area contributed by atoms with Gasteiger partial charge in [-0.1, -0.05) is 0 Å². The lowest BCUT2D eigenvalue weighted by atomic mass is 9.88. The first-order valence-corrected chi connectivity index (χ1v) is 10.4. The van der Waals surface area contributed by atoms with E-state index >= 15 is 0 Å². The van der Waals surface area contributed by atoms with Crippen LogP contribution < -0.4 is 19.9 Å². The number of aryl methyl sites for hydroxylation is 1. The standard InChI is InChI=1S/C23H24F3N3O4/c1-31-15-4-5-18-16(10-15)14(12-28-18)3-6-19-17-11-21(33-23(24,25)26)20(32-2)9-13(17)7-8-29(19)22(27)30/h4-5,9-12,19,28H,3,6-8H2,1-2H3,(H2,27,30)/t19-/m0/s1. The fourth-order valence-corrected chi connectivity index (χ4v) is 4.43. The first-order chi connectivity index (χ1) is 15.7. The molecule has 1 aliphatic heterocycles. The lowest BCUT2D eigenvalue weighted by molar-refractivity contribution is -0.275. The molecule has 3 N–H and O–H groups in total. The number of hydrogen-bond acceptors (Lipinski definition) is 4. The molecule has 7 nitrogen and oxygen atoms in total. The molecule has 0 spiro atoms. The van der Waals surface area contributed by atoms with E-state index in [1.54, 1.807) is 7.11 Å². The van der Waals surface area contributed by atoms with Crippen molar-refractivity contribution in [3.8, 4) is 17.2 Å². The molecule has 1 atom stereocenters. The van der Waals surface area contributed by atoms with E-state index in [0.717, 1.165) is 22.0 Å². The van der Waals surface area contributed by atoms with E-state index in [1.807, 2.05) is 24.4 Å². The van der Waals surface area contributed by atoms with Crippen molar-refractivity contribution in [1.82, 2.24) is 9.88 Å². The number of carbonyl (C=O) groups is 1. The van der Waals surface area contributed by atoms with E-state index in [9.17, 15) is 18.0 Å². The van der Waals surface area contributed by atoms with Crippen LogP contribution in [-0.2, 0) is 12.8 Å². The zero-order chi connectivity index (χ0) is 23.8. The highest BCUT2D eigenvalue weighted by atomic mass is 19.4. The van der Waals surface area contributed by atoms with Gasteiger partial charge in [-0.05, 0) is 66.3 Å². The predicted molar refractivity (Wildman–Crippen MR) is 116 cm³/mol. The fourth-order valence-electron chi connectivity index (χ4n) is 4.43. The molecule has 0 saturated carbocycles. The minimum absolute atomic E-state index is 0.0129. The smallest absolute Gasteiger partial charge is 0.497 e. The Hall–Kier alpha value is -3.56. The molecule has 0 fully saturated rings. The van der Waals surface area contributed by atoms with Crippen molar-refractivity contribution in [2.24, 2.45) is 5.73 Å². The maximum atomic E-state index is 13.0. The number of benzene rings is 2. The minimum atomic E-state index is -4.88. The molecule has 176 valence electrons. The number of alkyl halides is 3. The summed E-state index contributed by atoms with van der Waals surface area (Å²) in [5.41, 5.74) is 8.92. The molecular weight excluding hydrogens is 439 g/mol. The number of urea groups is 1. The van der Waals surface area contributed by atoms with Crippen molar-refractivity contribution >= 4 is 16.9 Å². The minimum Gasteiger partial charge on any atom is -0.497 e. The monoisotopic (exact) mass is 463 g/mol. The molecule has 0 unspecified atom stereocenters. The van der Waals surface area contributed by atoms with Gasteiger partial charge in [0.1, 0.15) is 5.75 Å². The second kappa shape index (κ2) is 8.76. The summed E-state index contributed by atoms with van der Waals surface area (Å²) in [5, 5.41) is 0.979. The number of rotatable bonds is 6. The summed E-state index contributed by atoms with van der Waals surface area (Å²) in [7, 11) is 2.87. The van der Waals surface area contributed by atoms with Crippen LogP contribution in [0, 0.1) is 0 Å². The Bertz CT molecular complexity index is 1180. The number of nitrogens with two attached hydrogens (primary N) is 1. The second-order valence-electron chi connectivity index (χ2n) is 7.81. The number of amides is 2. The molecule has 2 heterocycles. The molecule has 0 radical (unpaired) electrons. The van der Waals surface area contributed by atoms with Crippen LogP contribution in [0.1, 0.15) is 29.2 Å². The van der Waals surface area contributed by atoms with E-state index in [-0.39, 0.29) is 5.75 Å². The van der Waals surface area contributed by atoms with Crippen molar-refractivity contribution in [2.75, 3.05) is 20.8 Å². The Labute approximate surface area is 188 Å². The number of nitrogens with one attached hydrogen (secondary N) is 1. The van der Waals surface area contributed by atoms with Crippen LogP contribution in [0.15, 0.2) is 36.5 Å². The van der Waals surface area contributed by atoms with Crippen LogP contribution in [0.2, 0.25) is 0 Å². The number of halogens is 3. The van der Waals surface area contributed by atoms with Gasteiger partial charge in [0.05, 0.1) is 20.3 Å². The molecule has 10 heteroatoms. The number of H-pyrrole nitrogens is 1. The number of primary amides is 1. The van der Waals surface area contributed by atoms with Crippen LogP contribution in [0.4, 0.5) is 18.0 Å². The molecule has 2 aromatic carbocycles. The number of carbonyl (C=O) groups excluding carboxylic acids is 1. The largest absolute Gasteiger partial charge is 0.573 e. The van der Waals surface area contributed by atoms with Gasteiger partial charge < -0.3 is 29.8 Å². The topological polar surface area (TPSA) is 89.8 Å². The van der Waals surface area contributed by atoms with E-state index in [1.165, 1.54) is 24.1 Å². The number of ether oxygens (including phenoxy) is 3. The Balaban J connectivity index is 1.69. The lowest BCUT2D eigenvalue weighted by Crippen LogP contribution is -2.43. The first-order valence-electron chi connectivity index (χ1n) is 10.4. The van der Waals surface area contributed by atoms with Gasteiger partial charge >= 0.3 is 12.4 Å². The molecule has 3 aromatic rings. The number of aromatic nitrogens is 1. The van der Waals surface area contributed by atoms with Gasteiger partial charge in [-0.3, -0.25) is 0 Å². The normalized spacial score (nSPS) is 15.9. The maximum absolute atomic E-state index is 13.0. The van der Waals surface area contributed by atoms with Crippen molar-refractivity contribution in [3.63, 3.8) is 0 Å². The quantitative estimate of drug-likeness (QED) is 0.555. The number of aromatic amines is 1. The van der Waals surface area contributed by atoms with Gasteiger partial charge in [0, 0.05) is 23.6 Å². The molecule has 1 aromatic heterocycles. The number of hydrogen-bond donors (Lipinski definition) is 2. The lowest BCUT2D eigenvalue weighted by Gasteiger charge is -2.37. The van der Waals surface area contributed by atoms with Crippen molar-refractivity contribution in [3.05, 3.63) is 53.2 Å². The summed E-state index contributed by atoms with van der Waals surface area (Å²) in [4.78, 5) is 16.9. The summed E-state index contributed by atoms with van der Waals surface area (Å²) in [5.74, 6) is 0.254. The Morgan fingerprint density at radius 2 is 1.97 bits per heavy atom. The van der Waals surface area contributed by atoms with Crippen molar-refractivity contribution < 1.29 is 32.2 Å². The third-order valence-corrected chi connectivity index (χ3v) is 5.95. The zero-order valence-electron chi connectivity index (χ0n) is 18.2. The molecule has 0 saturated heterocycles. The summed E-state index contributed by atoms with van der Waals surface area (Å²) >= 11 is 0. The third kappa shape index (κ3) is 4.64. The Kier molecular flexibility index (Phi) is 6.01. The summed E-state index contributed by atoms with van der Waals surface area (Å²) < 4.78 is 53.5. The number of nitrogens with zero attached hydrogens (tertiary/aromatic N) is 1. The van der Waals surface area contributed by atoms with Crippen LogP contribution in [-0.4, -0.2) is 43.0 Å². The zero-order valence-corrected chi connectivity index (χ0v) is 18.2. The Morgan fingerprint density at radius 3 is 2.64 bits per heavy atom. The van der Waals surface area contributed by atoms with Crippen LogP contribution >= 0.6 is 0 Å². The fraction of sp³-hybridized carbons (Fsp3) is 0.348. The third-order valence-electron chi connectivity index (χ3n) is 5.95. The molecule has 1 aliphatic rings. The molecule has 2 amide bonds. The molecule has 4 rings (SSSR count). The number of methoxy groups -OCH3 is 2. The van der Waals surface area contributed by atoms with E-state index in [0.29, 0.717) is 37.1 Å². The van der Waals surface area contributed by atoms with E-state index in [4.69, 9.17) is 15.2 Å². The predicted octanol–water partition coefficient (Wildman–Crippen LogP) is 4.69. The van der Waals surface area contributed by atoms with E-state index < -0.39 is 24.2 Å². The molecule has 33 heavy (non-hydrogen) atoms. The average Bonchev–Trinajstić information content (AvgIpc) is 3.17. The SMILES string of the molecule is COc1ccc2[nH]cc(CC[C@H]3c4cc(OC(F)(F)F)c(OC)cc4CCN3C(N)=O)c2c1. The van der Waals surface area contributed by atoms with Gasteiger partial charge in [0.25, 0.3) is 0 Å². The average molecular weight is 463 g/mol. The van der Waals surface area contributed by atoms with Crippen molar-refractivity contribution in [2.45, 2.75) is 31.7 Å². The van der Waals surface area contributed by atoms with E-state index in [2.05, 4.69) is 9.72 Å². The molecule has 0 aliphatic carbocycles. The second-order valence-corrected chi connectivity index (χ2v) is 7.81. The highest BCUT2D eigenvalue weighted by Crippen LogP contribution is 2.42.